The first-order chi connectivity index (χ1) is 6.20. The highest BCUT2D eigenvalue weighted by molar-refractivity contribution is 5.47. The van der Waals surface area contributed by atoms with E-state index in [1.165, 1.54) is 13.2 Å². The second-order valence-electron chi connectivity index (χ2n) is 2.43. The number of hydrogen-bond acceptors (Lipinski definition) is 4. The van der Waals surface area contributed by atoms with Gasteiger partial charge in [-0.1, -0.05) is 12.1 Å². The minimum Gasteiger partial charge on any atom is -0.504 e. The number of methoxy groups -OCH3 is 1. The van der Waals surface area contributed by atoms with Crippen LogP contribution in [0.5, 0.6) is 11.5 Å². The smallest absolute Gasteiger partial charge is 0.169 e. The Hall–Kier alpha value is -1.73. The van der Waals surface area contributed by atoms with Crippen molar-refractivity contribution in [1.29, 1.82) is 5.26 Å². The van der Waals surface area contributed by atoms with Crippen molar-refractivity contribution in [3.8, 4) is 17.6 Å². The zero-order valence-corrected chi connectivity index (χ0v) is 7.06. The summed E-state index contributed by atoms with van der Waals surface area (Å²) in [5.41, 5.74) is 0.154. The van der Waals surface area contributed by atoms with Crippen LogP contribution in [-0.4, -0.2) is 17.3 Å². The Morgan fingerprint density at radius 1 is 1.54 bits per heavy atom. The highest BCUT2D eigenvalue weighted by atomic mass is 16.5. The number of benzene rings is 1. The number of phenolic OH excluding ortho intramolecular Hbond substituents is 1. The van der Waals surface area contributed by atoms with E-state index in [4.69, 9.17) is 15.1 Å². The molecule has 0 aliphatic heterocycles. The van der Waals surface area contributed by atoms with Gasteiger partial charge in [-0.3, -0.25) is 0 Å². The summed E-state index contributed by atoms with van der Waals surface area (Å²) in [6.07, 6.45) is -1.32. The van der Waals surface area contributed by atoms with E-state index in [0.717, 1.165) is 0 Å². The molecular weight excluding hydrogens is 170 g/mol. The molecule has 4 heteroatoms. The molecule has 0 radical (unpaired) electrons. The highest BCUT2D eigenvalue weighted by Gasteiger charge is 2.13. The Bertz CT molecular complexity index is 343. The summed E-state index contributed by atoms with van der Waals surface area (Å²) in [5, 5.41) is 27.0. The van der Waals surface area contributed by atoms with Crippen LogP contribution in [0, 0.1) is 11.3 Å². The van der Waals surface area contributed by atoms with Crippen LogP contribution < -0.4 is 4.74 Å². The van der Waals surface area contributed by atoms with E-state index in [1.54, 1.807) is 18.2 Å². The number of aliphatic hydroxyl groups excluding tert-OH is 1. The van der Waals surface area contributed by atoms with Gasteiger partial charge in [0.1, 0.15) is 0 Å². The number of ether oxygens (including phenoxy) is 1. The molecule has 1 rings (SSSR count). The van der Waals surface area contributed by atoms with Crippen molar-refractivity contribution in [2.45, 2.75) is 6.10 Å². The molecule has 0 aliphatic rings. The monoisotopic (exact) mass is 179 g/mol. The van der Waals surface area contributed by atoms with Crippen LogP contribution in [0.1, 0.15) is 11.7 Å². The van der Waals surface area contributed by atoms with Crippen molar-refractivity contribution in [2.75, 3.05) is 7.11 Å². The second kappa shape index (κ2) is 3.78. The first-order valence-electron chi connectivity index (χ1n) is 3.64. The van der Waals surface area contributed by atoms with Crippen LogP contribution in [0.15, 0.2) is 18.2 Å². The van der Waals surface area contributed by atoms with Gasteiger partial charge in [-0.15, -0.1) is 0 Å². The number of aliphatic hydroxyl groups is 1. The Balaban J connectivity index is 3.17. The highest BCUT2D eigenvalue weighted by Crippen LogP contribution is 2.32. The van der Waals surface area contributed by atoms with E-state index in [-0.39, 0.29) is 17.1 Å². The normalized spacial score (nSPS) is 11.8. The standard InChI is InChI=1S/C9H9NO3/c1-13-8-4-2-3-6(9(8)12)7(11)5-10/h2-4,7,11-12H,1H3/t7-/m1/s1. The third-order valence-electron chi connectivity index (χ3n) is 1.67. The molecule has 1 atom stereocenters. The lowest BCUT2D eigenvalue weighted by Gasteiger charge is -2.08. The van der Waals surface area contributed by atoms with Crippen LogP contribution in [0.25, 0.3) is 0 Å². The average Bonchev–Trinajstić information content (AvgIpc) is 2.17. The van der Waals surface area contributed by atoms with Crippen molar-refractivity contribution in [3.63, 3.8) is 0 Å². The molecule has 2 N–H and O–H groups in total. The number of nitriles is 1. The minimum atomic E-state index is -1.32. The van der Waals surface area contributed by atoms with Crippen molar-refractivity contribution in [1.82, 2.24) is 0 Å². The fourth-order valence-electron chi connectivity index (χ4n) is 0.994. The van der Waals surface area contributed by atoms with E-state index in [1.807, 2.05) is 0 Å². The zero-order chi connectivity index (χ0) is 9.84. The minimum absolute atomic E-state index is 0.154. The molecule has 0 aromatic heterocycles. The van der Waals surface area contributed by atoms with Gasteiger partial charge in [0.2, 0.25) is 0 Å². The topological polar surface area (TPSA) is 73.5 Å². The van der Waals surface area contributed by atoms with Gasteiger partial charge >= 0.3 is 0 Å². The maximum absolute atomic E-state index is 9.45. The van der Waals surface area contributed by atoms with Crippen LogP contribution in [0.3, 0.4) is 0 Å². The lowest BCUT2D eigenvalue weighted by atomic mass is 10.1. The summed E-state index contributed by atoms with van der Waals surface area (Å²) < 4.78 is 4.81. The molecule has 68 valence electrons. The van der Waals surface area contributed by atoms with Crippen LogP contribution in [-0.2, 0) is 0 Å². The molecule has 0 saturated heterocycles. The fourth-order valence-corrected chi connectivity index (χ4v) is 0.994. The Morgan fingerprint density at radius 3 is 2.77 bits per heavy atom. The van der Waals surface area contributed by atoms with Crippen LogP contribution >= 0.6 is 0 Å². The van der Waals surface area contributed by atoms with Crippen molar-refractivity contribution in [2.24, 2.45) is 0 Å². The molecule has 0 spiro atoms. The predicted octanol–water partition coefficient (Wildman–Crippen LogP) is 0.958. The Labute approximate surface area is 75.6 Å². The van der Waals surface area contributed by atoms with E-state index in [2.05, 4.69) is 0 Å². The fraction of sp³-hybridized carbons (Fsp3) is 0.222. The SMILES string of the molecule is COc1cccc([C@H](O)C#N)c1O. The van der Waals surface area contributed by atoms with Crippen LogP contribution in [0.4, 0.5) is 0 Å². The lowest BCUT2D eigenvalue weighted by molar-refractivity contribution is 0.229. The number of phenols is 1. The molecule has 0 unspecified atom stereocenters. The van der Waals surface area contributed by atoms with Crippen molar-refractivity contribution in [3.05, 3.63) is 23.8 Å². The van der Waals surface area contributed by atoms with E-state index >= 15 is 0 Å². The summed E-state index contributed by atoms with van der Waals surface area (Å²) in [4.78, 5) is 0. The number of nitrogens with zero attached hydrogens (tertiary/aromatic N) is 1. The molecule has 4 nitrogen and oxygen atoms in total. The third kappa shape index (κ3) is 1.71. The average molecular weight is 179 g/mol. The molecule has 0 bridgehead atoms. The molecule has 0 amide bonds. The van der Waals surface area contributed by atoms with Gasteiger partial charge < -0.3 is 14.9 Å². The Morgan fingerprint density at radius 2 is 2.23 bits per heavy atom. The van der Waals surface area contributed by atoms with Gasteiger partial charge in [-0.25, -0.2) is 0 Å². The molecule has 13 heavy (non-hydrogen) atoms. The van der Waals surface area contributed by atoms with E-state index in [9.17, 15) is 5.11 Å². The zero-order valence-electron chi connectivity index (χ0n) is 7.06. The maximum atomic E-state index is 9.45. The van der Waals surface area contributed by atoms with Crippen LogP contribution in [0.2, 0.25) is 0 Å². The summed E-state index contributed by atoms with van der Waals surface area (Å²) >= 11 is 0. The van der Waals surface area contributed by atoms with E-state index < -0.39 is 6.10 Å². The van der Waals surface area contributed by atoms with Gasteiger partial charge in [0.05, 0.1) is 13.2 Å². The molecule has 0 saturated carbocycles. The molecule has 1 aromatic carbocycles. The van der Waals surface area contributed by atoms with Gasteiger partial charge in [0, 0.05) is 5.56 Å². The summed E-state index contributed by atoms with van der Waals surface area (Å²) in [5.74, 6) is 0.0471. The van der Waals surface area contributed by atoms with E-state index in [0.29, 0.717) is 0 Å². The van der Waals surface area contributed by atoms with Crippen molar-refractivity contribution < 1.29 is 14.9 Å². The predicted molar refractivity (Wildman–Crippen MR) is 45.2 cm³/mol. The summed E-state index contributed by atoms with van der Waals surface area (Å²) in [6, 6.07) is 6.21. The number of hydrogen-bond donors (Lipinski definition) is 2. The number of aromatic hydroxyl groups is 1. The molecule has 1 aromatic rings. The quantitative estimate of drug-likeness (QED) is 0.663. The number of rotatable bonds is 2. The van der Waals surface area contributed by atoms with Gasteiger partial charge in [0.25, 0.3) is 0 Å². The Kier molecular flexibility index (Phi) is 2.72. The third-order valence-corrected chi connectivity index (χ3v) is 1.67. The number of para-hydroxylation sites is 1. The van der Waals surface area contributed by atoms with Crippen molar-refractivity contribution >= 4 is 0 Å². The molecule has 0 fully saturated rings. The van der Waals surface area contributed by atoms with Gasteiger partial charge in [-0.2, -0.15) is 5.26 Å². The van der Waals surface area contributed by atoms with Gasteiger partial charge in [0.15, 0.2) is 17.6 Å². The second-order valence-corrected chi connectivity index (χ2v) is 2.43. The summed E-state index contributed by atoms with van der Waals surface area (Å²) in [6.45, 7) is 0. The summed E-state index contributed by atoms with van der Waals surface area (Å²) in [7, 11) is 1.40. The molecule has 0 heterocycles. The molecular formula is C9H9NO3. The first-order valence-corrected chi connectivity index (χ1v) is 3.64. The maximum Gasteiger partial charge on any atom is 0.169 e. The largest absolute Gasteiger partial charge is 0.504 e. The first kappa shape index (κ1) is 9.36. The lowest BCUT2D eigenvalue weighted by Crippen LogP contribution is -1.95. The van der Waals surface area contributed by atoms with Gasteiger partial charge in [-0.05, 0) is 6.07 Å². The molecule has 0 aliphatic carbocycles.